The van der Waals surface area contributed by atoms with Crippen LogP contribution in [0.15, 0.2) is 30.3 Å². The summed E-state index contributed by atoms with van der Waals surface area (Å²) in [7, 11) is 0. The summed E-state index contributed by atoms with van der Waals surface area (Å²) in [4.78, 5) is 9.76. The second-order valence-corrected chi connectivity index (χ2v) is 3.21. The number of carbonyl (C=O) groups is 1. The third-order valence-electron chi connectivity index (χ3n) is 1.71. The average molecular weight is 264 g/mol. The van der Waals surface area contributed by atoms with E-state index in [-0.39, 0.29) is 6.54 Å². The van der Waals surface area contributed by atoms with Crippen LogP contribution in [0.3, 0.4) is 0 Å². The quantitative estimate of drug-likeness (QED) is 0.483. The van der Waals surface area contributed by atoms with Gasteiger partial charge in [-0.25, -0.2) is 0 Å². The van der Waals surface area contributed by atoms with Gasteiger partial charge in [-0.2, -0.15) is 13.2 Å². The van der Waals surface area contributed by atoms with Crippen molar-refractivity contribution in [2.24, 2.45) is 5.84 Å². The van der Waals surface area contributed by atoms with E-state index < -0.39 is 12.6 Å². The Morgan fingerprint density at radius 2 is 1.89 bits per heavy atom. The Labute approximate surface area is 103 Å². The van der Waals surface area contributed by atoms with Gasteiger partial charge in [-0.15, -0.1) is 0 Å². The van der Waals surface area contributed by atoms with Crippen molar-refractivity contribution in [3.8, 4) is 0 Å². The van der Waals surface area contributed by atoms with Crippen molar-refractivity contribution in [2.75, 3.05) is 6.54 Å². The van der Waals surface area contributed by atoms with E-state index in [0.29, 0.717) is 13.1 Å². The van der Waals surface area contributed by atoms with Crippen molar-refractivity contribution < 1.29 is 22.7 Å². The number of benzene rings is 1. The van der Waals surface area contributed by atoms with Crippen LogP contribution in [-0.2, 0) is 16.1 Å². The fourth-order valence-electron chi connectivity index (χ4n) is 0.918. The minimum Gasteiger partial charge on any atom is -0.463 e. The molecular formula is C11H15F3N2O2. The maximum absolute atomic E-state index is 11.1. The molecule has 3 N–H and O–H groups in total. The van der Waals surface area contributed by atoms with Gasteiger partial charge in [0.05, 0.1) is 6.42 Å². The number of alkyl halides is 3. The molecule has 1 rings (SSSR count). The second kappa shape index (κ2) is 9.43. The van der Waals surface area contributed by atoms with Crippen LogP contribution in [0.5, 0.6) is 0 Å². The van der Waals surface area contributed by atoms with Crippen LogP contribution < -0.4 is 11.3 Å². The SMILES string of the molecule is NNCCC(F)(F)F.O=COCc1ccccc1. The van der Waals surface area contributed by atoms with E-state index in [1.807, 2.05) is 35.8 Å². The summed E-state index contributed by atoms with van der Waals surface area (Å²) in [5, 5.41) is 0. The minimum atomic E-state index is -4.09. The van der Waals surface area contributed by atoms with Crippen molar-refractivity contribution >= 4 is 6.47 Å². The summed E-state index contributed by atoms with van der Waals surface area (Å²) < 4.78 is 38.0. The number of rotatable bonds is 5. The van der Waals surface area contributed by atoms with E-state index in [1.54, 1.807) is 0 Å². The van der Waals surface area contributed by atoms with Crippen molar-refractivity contribution in [3.63, 3.8) is 0 Å². The largest absolute Gasteiger partial charge is 0.463 e. The predicted octanol–water partition coefficient (Wildman–Crippen LogP) is 1.76. The second-order valence-electron chi connectivity index (χ2n) is 3.21. The number of nitrogens with two attached hydrogens (primary N) is 1. The third-order valence-corrected chi connectivity index (χ3v) is 1.71. The van der Waals surface area contributed by atoms with Crippen LogP contribution in [-0.4, -0.2) is 19.2 Å². The molecule has 0 amide bonds. The van der Waals surface area contributed by atoms with Gasteiger partial charge in [0.2, 0.25) is 0 Å². The average Bonchev–Trinajstić information content (AvgIpc) is 2.35. The van der Waals surface area contributed by atoms with E-state index in [0.717, 1.165) is 5.56 Å². The van der Waals surface area contributed by atoms with Crippen molar-refractivity contribution in [1.29, 1.82) is 0 Å². The lowest BCUT2D eigenvalue weighted by Gasteiger charge is -2.02. The maximum atomic E-state index is 11.1. The zero-order valence-electron chi connectivity index (χ0n) is 9.61. The number of halogens is 3. The summed E-state index contributed by atoms with van der Waals surface area (Å²) in [6.07, 6.45) is -4.96. The zero-order chi connectivity index (χ0) is 13.9. The Kier molecular flexibility index (Phi) is 8.59. The first-order valence-corrected chi connectivity index (χ1v) is 5.09. The van der Waals surface area contributed by atoms with Crippen LogP contribution in [0.4, 0.5) is 13.2 Å². The van der Waals surface area contributed by atoms with Gasteiger partial charge in [0.15, 0.2) is 0 Å². The molecule has 0 bridgehead atoms. The highest BCUT2D eigenvalue weighted by molar-refractivity contribution is 5.37. The number of hydrazine groups is 1. The van der Waals surface area contributed by atoms with Crippen molar-refractivity contribution in [2.45, 2.75) is 19.2 Å². The molecule has 1 aromatic rings. The minimum absolute atomic E-state index is 0.219. The molecule has 1 aromatic carbocycles. The molecule has 18 heavy (non-hydrogen) atoms. The maximum Gasteiger partial charge on any atom is 0.390 e. The molecule has 0 saturated heterocycles. The highest BCUT2D eigenvalue weighted by atomic mass is 19.4. The van der Waals surface area contributed by atoms with Gasteiger partial charge in [-0.05, 0) is 5.56 Å². The molecule has 4 nitrogen and oxygen atoms in total. The molecule has 0 spiro atoms. The van der Waals surface area contributed by atoms with E-state index in [2.05, 4.69) is 10.6 Å². The lowest BCUT2D eigenvalue weighted by Crippen LogP contribution is -2.27. The van der Waals surface area contributed by atoms with Gasteiger partial charge in [0, 0.05) is 6.54 Å². The highest BCUT2D eigenvalue weighted by Crippen LogP contribution is 2.17. The van der Waals surface area contributed by atoms with Gasteiger partial charge < -0.3 is 4.74 Å². The van der Waals surface area contributed by atoms with Crippen LogP contribution in [0, 0.1) is 0 Å². The van der Waals surface area contributed by atoms with Crippen LogP contribution in [0.1, 0.15) is 12.0 Å². The van der Waals surface area contributed by atoms with E-state index in [4.69, 9.17) is 0 Å². The number of nitrogens with one attached hydrogen (secondary N) is 1. The fourth-order valence-corrected chi connectivity index (χ4v) is 0.918. The monoisotopic (exact) mass is 264 g/mol. The first-order valence-electron chi connectivity index (χ1n) is 5.09. The first kappa shape index (κ1) is 16.4. The molecule has 0 aliphatic heterocycles. The van der Waals surface area contributed by atoms with E-state index in [9.17, 15) is 18.0 Å². The molecule has 0 aromatic heterocycles. The van der Waals surface area contributed by atoms with Crippen LogP contribution in [0.2, 0.25) is 0 Å². The molecule has 0 saturated carbocycles. The smallest absolute Gasteiger partial charge is 0.390 e. The van der Waals surface area contributed by atoms with E-state index in [1.165, 1.54) is 0 Å². The Morgan fingerprint density at radius 3 is 2.28 bits per heavy atom. The standard InChI is InChI=1S/C8H8O2.C3H7F3N2/c9-7-10-6-8-4-2-1-3-5-8;4-3(5,6)1-2-8-7/h1-5,7H,6H2;8H,1-2,7H2. The Hall–Kier alpha value is -1.60. The Balaban J connectivity index is 0.000000331. The fraction of sp³-hybridized carbons (Fsp3) is 0.364. The highest BCUT2D eigenvalue weighted by Gasteiger charge is 2.25. The van der Waals surface area contributed by atoms with Gasteiger partial charge in [-0.1, -0.05) is 30.3 Å². The lowest BCUT2D eigenvalue weighted by molar-refractivity contribution is -0.133. The molecule has 0 unspecified atom stereocenters. The first-order chi connectivity index (χ1) is 8.49. The molecule has 0 radical (unpaired) electrons. The van der Waals surface area contributed by atoms with Crippen LogP contribution >= 0.6 is 0 Å². The molecule has 7 heteroatoms. The molecule has 0 aliphatic carbocycles. The molecular weight excluding hydrogens is 249 g/mol. The summed E-state index contributed by atoms with van der Waals surface area (Å²) in [6, 6.07) is 9.55. The number of hydrogen-bond acceptors (Lipinski definition) is 4. The van der Waals surface area contributed by atoms with Gasteiger partial charge in [0.1, 0.15) is 6.61 Å². The third kappa shape index (κ3) is 10.9. The predicted molar refractivity (Wildman–Crippen MR) is 60.2 cm³/mol. The summed E-state index contributed by atoms with van der Waals surface area (Å²) in [6.45, 7) is 0.598. The van der Waals surface area contributed by atoms with Gasteiger partial charge >= 0.3 is 6.18 Å². The molecule has 0 fully saturated rings. The van der Waals surface area contributed by atoms with Gasteiger partial charge in [-0.3, -0.25) is 16.1 Å². The van der Waals surface area contributed by atoms with Crippen LogP contribution in [0.25, 0.3) is 0 Å². The summed E-state index contributed by atoms with van der Waals surface area (Å²) >= 11 is 0. The molecule has 0 aliphatic rings. The van der Waals surface area contributed by atoms with Crippen molar-refractivity contribution in [1.82, 2.24) is 5.43 Å². The van der Waals surface area contributed by atoms with E-state index >= 15 is 0 Å². The normalized spacial score (nSPS) is 10.2. The molecule has 0 atom stereocenters. The molecule has 102 valence electrons. The number of ether oxygens (including phenoxy) is 1. The lowest BCUT2D eigenvalue weighted by atomic mass is 10.2. The van der Waals surface area contributed by atoms with Gasteiger partial charge in [0.25, 0.3) is 6.47 Å². The summed E-state index contributed by atoms with van der Waals surface area (Å²) in [5.41, 5.74) is 2.91. The zero-order valence-corrected chi connectivity index (χ0v) is 9.61. The Bertz CT molecular complexity index is 318. The number of hydrogen-bond donors (Lipinski definition) is 2. The summed E-state index contributed by atoms with van der Waals surface area (Å²) in [5.74, 6) is 4.59. The topological polar surface area (TPSA) is 64.3 Å². The number of carbonyl (C=O) groups excluding carboxylic acids is 1. The Morgan fingerprint density at radius 1 is 1.28 bits per heavy atom. The molecule has 0 heterocycles. The van der Waals surface area contributed by atoms with Crippen molar-refractivity contribution in [3.05, 3.63) is 35.9 Å².